The summed E-state index contributed by atoms with van der Waals surface area (Å²) in [6.07, 6.45) is 1.76. The molecule has 0 aliphatic carbocycles. The standard InChI is InChI=1S/C26H30N2O3/c1-5-17-30-19(4)24-16-15-23(18(3)27-24)26(29)28-21-11-13-22(14-12-21)31-25-10-8-7-9-20(25)6-2/h7-16,19H,5-6,17H2,1-4H3,(H,28,29). The van der Waals surface area contributed by atoms with Crippen LogP contribution in [0.4, 0.5) is 5.69 Å². The van der Waals surface area contributed by atoms with Gasteiger partial charge in [0, 0.05) is 12.3 Å². The lowest BCUT2D eigenvalue weighted by Crippen LogP contribution is -2.15. The van der Waals surface area contributed by atoms with E-state index in [9.17, 15) is 4.79 Å². The van der Waals surface area contributed by atoms with Gasteiger partial charge in [0.25, 0.3) is 5.91 Å². The van der Waals surface area contributed by atoms with Gasteiger partial charge in [0.2, 0.25) is 0 Å². The van der Waals surface area contributed by atoms with E-state index in [1.165, 1.54) is 0 Å². The summed E-state index contributed by atoms with van der Waals surface area (Å²) in [5.41, 5.74) is 3.91. The van der Waals surface area contributed by atoms with E-state index in [4.69, 9.17) is 9.47 Å². The number of pyridine rings is 1. The number of aryl methyl sites for hydroxylation is 2. The molecule has 162 valence electrons. The number of rotatable bonds is 9. The first-order chi connectivity index (χ1) is 15.0. The minimum Gasteiger partial charge on any atom is -0.457 e. The molecule has 1 heterocycles. The number of carbonyl (C=O) groups excluding carboxylic acids is 1. The predicted octanol–water partition coefficient (Wildman–Crippen LogP) is 6.48. The van der Waals surface area contributed by atoms with Crippen LogP contribution in [0.5, 0.6) is 11.5 Å². The molecule has 1 amide bonds. The Morgan fingerprint density at radius 3 is 2.45 bits per heavy atom. The summed E-state index contributed by atoms with van der Waals surface area (Å²) in [7, 11) is 0. The summed E-state index contributed by atoms with van der Waals surface area (Å²) in [5, 5.41) is 2.93. The maximum atomic E-state index is 12.7. The van der Waals surface area contributed by atoms with Crippen LogP contribution in [0.25, 0.3) is 0 Å². The lowest BCUT2D eigenvalue weighted by Gasteiger charge is -2.14. The third-order valence-electron chi connectivity index (χ3n) is 5.03. The van der Waals surface area contributed by atoms with Gasteiger partial charge in [-0.1, -0.05) is 32.0 Å². The van der Waals surface area contributed by atoms with Crippen molar-refractivity contribution in [3.63, 3.8) is 0 Å². The molecule has 0 radical (unpaired) electrons. The Labute approximate surface area is 184 Å². The fraction of sp³-hybridized carbons (Fsp3) is 0.308. The SMILES string of the molecule is CCCOC(C)c1ccc(C(=O)Nc2ccc(Oc3ccccc3CC)cc2)c(C)n1. The second-order valence-electron chi connectivity index (χ2n) is 7.42. The number of amides is 1. The number of anilines is 1. The van der Waals surface area contributed by atoms with Crippen LogP contribution in [0.1, 0.15) is 60.6 Å². The van der Waals surface area contributed by atoms with E-state index >= 15 is 0 Å². The van der Waals surface area contributed by atoms with Crippen molar-refractivity contribution in [1.29, 1.82) is 0 Å². The molecule has 31 heavy (non-hydrogen) atoms. The maximum absolute atomic E-state index is 12.7. The quantitative estimate of drug-likeness (QED) is 0.432. The van der Waals surface area contributed by atoms with E-state index in [1.54, 1.807) is 6.07 Å². The van der Waals surface area contributed by atoms with Crippen LogP contribution >= 0.6 is 0 Å². The van der Waals surface area contributed by atoms with Crippen LogP contribution in [0.15, 0.2) is 60.7 Å². The zero-order valence-corrected chi connectivity index (χ0v) is 18.6. The predicted molar refractivity (Wildman–Crippen MR) is 124 cm³/mol. The van der Waals surface area contributed by atoms with Gasteiger partial charge in [0.1, 0.15) is 11.5 Å². The van der Waals surface area contributed by atoms with Crippen molar-refractivity contribution in [3.05, 3.63) is 83.2 Å². The van der Waals surface area contributed by atoms with Gasteiger partial charge in [-0.15, -0.1) is 0 Å². The largest absolute Gasteiger partial charge is 0.457 e. The monoisotopic (exact) mass is 418 g/mol. The van der Waals surface area contributed by atoms with Gasteiger partial charge in [0.15, 0.2) is 0 Å². The molecule has 0 aliphatic heterocycles. The third-order valence-corrected chi connectivity index (χ3v) is 5.03. The summed E-state index contributed by atoms with van der Waals surface area (Å²) in [4.78, 5) is 17.3. The van der Waals surface area contributed by atoms with E-state index in [-0.39, 0.29) is 12.0 Å². The molecule has 0 fully saturated rings. The molecule has 0 aliphatic rings. The Bertz CT molecular complexity index is 1020. The van der Waals surface area contributed by atoms with Gasteiger partial charge in [-0.05, 0) is 74.7 Å². The Hall–Kier alpha value is -3.18. The topological polar surface area (TPSA) is 60.5 Å². The highest BCUT2D eigenvalue weighted by Crippen LogP contribution is 2.27. The number of nitrogens with zero attached hydrogens (tertiary/aromatic N) is 1. The fourth-order valence-electron chi connectivity index (χ4n) is 3.25. The summed E-state index contributed by atoms with van der Waals surface area (Å²) in [6, 6.07) is 19.0. The highest BCUT2D eigenvalue weighted by atomic mass is 16.5. The summed E-state index contributed by atoms with van der Waals surface area (Å²) in [5.74, 6) is 1.38. The number of para-hydroxylation sites is 1. The van der Waals surface area contributed by atoms with E-state index in [1.807, 2.05) is 62.4 Å². The van der Waals surface area contributed by atoms with Gasteiger partial charge < -0.3 is 14.8 Å². The first-order valence-electron chi connectivity index (χ1n) is 10.8. The third kappa shape index (κ3) is 5.92. The first kappa shape index (κ1) is 22.5. The molecular formula is C26H30N2O3. The summed E-state index contributed by atoms with van der Waals surface area (Å²) < 4.78 is 11.7. The first-order valence-corrected chi connectivity index (χ1v) is 10.8. The average molecular weight is 419 g/mol. The summed E-state index contributed by atoms with van der Waals surface area (Å²) >= 11 is 0. The van der Waals surface area contributed by atoms with Crippen LogP contribution in [-0.4, -0.2) is 17.5 Å². The lowest BCUT2D eigenvalue weighted by atomic mass is 10.1. The van der Waals surface area contributed by atoms with Crippen molar-refractivity contribution >= 4 is 11.6 Å². The molecule has 5 nitrogen and oxygen atoms in total. The molecule has 1 atom stereocenters. The lowest BCUT2D eigenvalue weighted by molar-refractivity contribution is 0.0632. The normalized spacial score (nSPS) is 11.7. The molecule has 2 aromatic carbocycles. The van der Waals surface area contributed by atoms with Crippen molar-refractivity contribution in [1.82, 2.24) is 4.98 Å². The fourth-order valence-corrected chi connectivity index (χ4v) is 3.25. The molecule has 0 saturated carbocycles. The molecule has 5 heteroatoms. The maximum Gasteiger partial charge on any atom is 0.257 e. The Morgan fingerprint density at radius 2 is 1.77 bits per heavy atom. The summed E-state index contributed by atoms with van der Waals surface area (Å²) in [6.45, 7) is 8.67. The van der Waals surface area contributed by atoms with Crippen LogP contribution < -0.4 is 10.1 Å². The molecule has 0 bridgehead atoms. The number of hydrogen-bond acceptors (Lipinski definition) is 4. The van der Waals surface area contributed by atoms with Crippen molar-refractivity contribution in [3.8, 4) is 11.5 Å². The molecular weight excluding hydrogens is 388 g/mol. The van der Waals surface area contributed by atoms with Gasteiger partial charge in [-0.2, -0.15) is 0 Å². The molecule has 0 saturated heterocycles. The number of benzene rings is 2. The van der Waals surface area contributed by atoms with Crippen LogP contribution in [0.2, 0.25) is 0 Å². The zero-order chi connectivity index (χ0) is 22.2. The molecule has 0 spiro atoms. The number of ether oxygens (including phenoxy) is 2. The molecule has 1 unspecified atom stereocenters. The number of nitrogens with one attached hydrogen (secondary N) is 1. The van der Waals surface area contributed by atoms with Gasteiger partial charge in [0.05, 0.1) is 23.1 Å². The number of aromatic nitrogens is 1. The minimum atomic E-state index is -0.191. The Balaban J connectivity index is 1.65. The van der Waals surface area contributed by atoms with E-state index in [0.717, 1.165) is 35.6 Å². The van der Waals surface area contributed by atoms with Crippen LogP contribution in [0.3, 0.4) is 0 Å². The Kier molecular flexibility index (Phi) is 7.79. The van der Waals surface area contributed by atoms with E-state index in [2.05, 4.69) is 30.2 Å². The minimum absolute atomic E-state index is 0.0962. The second kappa shape index (κ2) is 10.7. The number of hydrogen-bond donors (Lipinski definition) is 1. The highest BCUT2D eigenvalue weighted by molar-refractivity contribution is 6.05. The van der Waals surface area contributed by atoms with Crippen molar-refractivity contribution in [2.75, 3.05) is 11.9 Å². The van der Waals surface area contributed by atoms with Gasteiger partial charge in [-0.25, -0.2) is 0 Å². The van der Waals surface area contributed by atoms with Crippen LogP contribution in [0, 0.1) is 6.92 Å². The van der Waals surface area contributed by atoms with Gasteiger partial charge >= 0.3 is 0 Å². The second-order valence-corrected chi connectivity index (χ2v) is 7.42. The smallest absolute Gasteiger partial charge is 0.257 e. The van der Waals surface area contributed by atoms with Gasteiger partial charge in [-0.3, -0.25) is 9.78 Å². The highest BCUT2D eigenvalue weighted by Gasteiger charge is 2.14. The average Bonchev–Trinajstić information content (AvgIpc) is 2.79. The van der Waals surface area contributed by atoms with Crippen molar-refractivity contribution < 1.29 is 14.3 Å². The van der Waals surface area contributed by atoms with E-state index in [0.29, 0.717) is 23.6 Å². The van der Waals surface area contributed by atoms with Crippen LogP contribution in [-0.2, 0) is 11.2 Å². The molecule has 1 N–H and O–H groups in total. The Morgan fingerprint density at radius 1 is 1.03 bits per heavy atom. The van der Waals surface area contributed by atoms with E-state index < -0.39 is 0 Å². The van der Waals surface area contributed by atoms with Crippen molar-refractivity contribution in [2.45, 2.75) is 46.6 Å². The van der Waals surface area contributed by atoms with Crippen molar-refractivity contribution in [2.24, 2.45) is 0 Å². The molecule has 3 aromatic rings. The molecule has 1 aromatic heterocycles. The molecule has 3 rings (SSSR count). The zero-order valence-electron chi connectivity index (χ0n) is 18.6. The number of carbonyl (C=O) groups is 1.